The summed E-state index contributed by atoms with van der Waals surface area (Å²) in [7, 11) is 4.88. The molecule has 0 bridgehead atoms. The number of rotatable bonds is 22. The van der Waals surface area contributed by atoms with Crippen LogP contribution in [-0.4, -0.2) is 102 Å². The largest absolute Gasteiger partial charge is 0.497 e. The van der Waals surface area contributed by atoms with Crippen LogP contribution in [0.4, 0.5) is 0 Å². The number of hydrogen-bond acceptors (Lipinski definition) is 19. The number of ether oxygens (including phenoxy) is 10. The SMILES string of the molecule is C.COCCOCCOc1ccc2nc3ccc(=O)cc-3oc2c1.COc1ccc(OCCOCCOc2ccc3nc4ccc(=O)cc-4oc3c2)cc1.COc1ccc(OCCOc2ccc3nc4ccc(=O)cc-4oc3c2)cc1. The summed E-state index contributed by atoms with van der Waals surface area (Å²) in [6.07, 6.45) is 0. The third kappa shape index (κ3) is 16.5. The Morgan fingerprint density at radius 1 is 0.321 bits per heavy atom. The van der Waals surface area contributed by atoms with Gasteiger partial charge in [0.05, 0.1) is 47.3 Å². The Morgan fingerprint density at radius 3 is 0.926 bits per heavy atom. The van der Waals surface area contributed by atoms with Crippen molar-refractivity contribution in [2.45, 2.75) is 7.43 Å². The first-order valence-electron chi connectivity index (χ1n) is 25.3. The summed E-state index contributed by atoms with van der Waals surface area (Å²) in [6, 6.07) is 44.6. The summed E-state index contributed by atoms with van der Waals surface area (Å²) in [5.41, 5.74) is 5.37. The van der Waals surface area contributed by atoms with E-state index < -0.39 is 0 Å². The van der Waals surface area contributed by atoms with Crippen molar-refractivity contribution in [3.63, 3.8) is 0 Å². The lowest BCUT2D eigenvalue weighted by Gasteiger charge is -2.10. The lowest BCUT2D eigenvalue weighted by molar-refractivity contribution is 0.0544. The van der Waals surface area contributed by atoms with Crippen molar-refractivity contribution < 1.29 is 60.6 Å². The van der Waals surface area contributed by atoms with Crippen molar-refractivity contribution in [3.8, 4) is 74.6 Å². The van der Waals surface area contributed by atoms with Crippen molar-refractivity contribution in [2.75, 3.05) is 87.4 Å². The molecule has 0 amide bonds. The highest BCUT2D eigenvalue weighted by Gasteiger charge is 2.13. The average Bonchev–Trinajstić information content (AvgIpc) is 3.64. The molecule has 0 saturated carbocycles. The molecule has 6 aliphatic rings. The highest BCUT2D eigenvalue weighted by molar-refractivity contribution is 5.79. The van der Waals surface area contributed by atoms with E-state index in [1.807, 2.05) is 84.9 Å². The predicted octanol–water partition coefficient (Wildman–Crippen LogP) is 10.5. The Balaban J connectivity index is 0.000000160. The molecule has 418 valence electrons. The molecule has 3 aliphatic heterocycles. The molecule has 5 aromatic rings. The van der Waals surface area contributed by atoms with Crippen molar-refractivity contribution in [3.05, 3.63) is 188 Å². The summed E-state index contributed by atoms with van der Waals surface area (Å²) in [4.78, 5) is 47.8. The molecule has 5 aromatic carbocycles. The molecule has 0 aromatic heterocycles. The molecule has 11 rings (SSSR count). The molecule has 0 fully saturated rings. The zero-order chi connectivity index (χ0) is 55.5. The molecule has 0 radical (unpaired) electrons. The first-order valence-corrected chi connectivity index (χ1v) is 25.3. The Hall–Kier alpha value is -9.56. The fraction of sp³-hybridized carbons (Fsp3) is 0.226. The van der Waals surface area contributed by atoms with Gasteiger partial charge in [-0.05, 0) is 121 Å². The van der Waals surface area contributed by atoms with E-state index in [2.05, 4.69) is 15.0 Å². The summed E-state index contributed by atoms with van der Waals surface area (Å²) in [5, 5.41) is 0. The van der Waals surface area contributed by atoms with Gasteiger partial charge in [0.25, 0.3) is 0 Å². The summed E-state index contributed by atoms with van der Waals surface area (Å²) in [6.45, 7) is 4.51. The minimum absolute atomic E-state index is 0. The lowest BCUT2D eigenvalue weighted by Crippen LogP contribution is -2.12. The second-order valence-electron chi connectivity index (χ2n) is 17.2. The Labute approximate surface area is 465 Å². The fourth-order valence-corrected chi connectivity index (χ4v) is 7.69. The molecule has 3 aliphatic carbocycles. The standard InChI is InChI=1S/C23H21NO6.C21H17NO5.C17H17NO5.CH4/c1-26-17-3-5-18(6-4-17)28-12-10-27-11-13-29-19-7-9-21-23(15-19)30-22-14-16(25)2-8-20(22)24-21;1-24-15-3-5-16(6-4-15)25-10-11-26-17-7-9-19-21(13-17)27-20-12-14(23)2-8-18(20)22-19;1-20-6-7-21-8-9-22-13-3-5-15-17(11-13)23-16-10-12(19)2-4-14(16)18-15;/h2-9,14-15H,10-13H2,1H3;2-9,12-13H,10-11H2,1H3;2-5,10-11H,6-9H2,1H3;1H4. The van der Waals surface area contributed by atoms with Crippen LogP contribution in [0.5, 0.6) is 40.2 Å². The Kier molecular flexibility index (Phi) is 20.5. The fourth-order valence-electron chi connectivity index (χ4n) is 7.69. The van der Waals surface area contributed by atoms with Crippen LogP contribution in [0.25, 0.3) is 67.7 Å². The molecule has 81 heavy (non-hydrogen) atoms. The second kappa shape index (κ2) is 28.9. The van der Waals surface area contributed by atoms with Gasteiger partial charge in [0.1, 0.15) is 107 Å². The summed E-state index contributed by atoms with van der Waals surface area (Å²) in [5.74, 6) is 6.40. The zero-order valence-corrected chi connectivity index (χ0v) is 44.0. The Bertz CT molecular complexity index is 3830. The number of benzene rings is 8. The van der Waals surface area contributed by atoms with Gasteiger partial charge < -0.3 is 60.6 Å². The molecule has 0 spiro atoms. The van der Waals surface area contributed by atoms with Gasteiger partial charge in [0, 0.05) is 43.5 Å². The molecular formula is C62H59N3O16. The van der Waals surface area contributed by atoms with Gasteiger partial charge in [-0.3, -0.25) is 14.4 Å². The average molecular weight is 1100 g/mol. The highest BCUT2D eigenvalue weighted by atomic mass is 16.6. The third-order valence-corrected chi connectivity index (χ3v) is 11.6. The number of fused-ring (bicyclic) bond motifs is 6. The molecule has 19 nitrogen and oxygen atoms in total. The number of hydrogen-bond donors (Lipinski definition) is 0. The van der Waals surface area contributed by atoms with Gasteiger partial charge in [-0.25, -0.2) is 15.0 Å². The van der Waals surface area contributed by atoms with E-state index in [4.69, 9.17) is 60.6 Å². The maximum atomic E-state index is 11.5. The number of aromatic nitrogens is 3. The molecule has 0 atom stereocenters. The minimum atomic E-state index is -0.118. The predicted molar refractivity (Wildman–Crippen MR) is 304 cm³/mol. The summed E-state index contributed by atoms with van der Waals surface area (Å²) < 4.78 is 71.6. The molecule has 0 N–H and O–H groups in total. The van der Waals surface area contributed by atoms with E-state index in [9.17, 15) is 14.4 Å². The topological polar surface area (TPSA) is 222 Å². The minimum Gasteiger partial charge on any atom is -0.497 e. The monoisotopic (exact) mass is 1100 g/mol. The normalized spacial score (nSPS) is 10.9. The quantitative estimate of drug-likeness (QED) is 0.0455. The lowest BCUT2D eigenvalue weighted by atomic mass is 10.2. The zero-order valence-electron chi connectivity index (χ0n) is 44.0. The van der Waals surface area contributed by atoms with Crippen LogP contribution in [0, 0.1) is 0 Å². The third-order valence-electron chi connectivity index (χ3n) is 11.6. The van der Waals surface area contributed by atoms with Gasteiger partial charge >= 0.3 is 0 Å². The van der Waals surface area contributed by atoms with Crippen molar-refractivity contribution >= 4 is 33.3 Å². The first kappa shape index (κ1) is 57.6. The van der Waals surface area contributed by atoms with Crippen molar-refractivity contribution in [1.29, 1.82) is 0 Å². The van der Waals surface area contributed by atoms with Crippen LogP contribution in [-0.2, 0) is 14.2 Å². The maximum absolute atomic E-state index is 11.5. The number of nitrogens with zero attached hydrogens (tertiary/aromatic N) is 3. The molecule has 3 heterocycles. The second-order valence-corrected chi connectivity index (χ2v) is 17.2. The van der Waals surface area contributed by atoms with Gasteiger partial charge in [0.2, 0.25) is 0 Å². The molecule has 0 saturated heterocycles. The molecule has 19 heteroatoms. The van der Waals surface area contributed by atoms with Crippen molar-refractivity contribution in [2.24, 2.45) is 0 Å². The molecular weight excluding hydrogens is 1040 g/mol. The van der Waals surface area contributed by atoms with Gasteiger partial charge in [-0.15, -0.1) is 0 Å². The van der Waals surface area contributed by atoms with Crippen LogP contribution in [0.3, 0.4) is 0 Å². The van der Waals surface area contributed by atoms with Crippen LogP contribution in [0.1, 0.15) is 7.43 Å². The maximum Gasteiger partial charge on any atom is 0.182 e. The smallest absolute Gasteiger partial charge is 0.182 e. The number of methoxy groups -OCH3 is 3. The van der Waals surface area contributed by atoms with E-state index in [0.29, 0.717) is 151 Å². The van der Waals surface area contributed by atoms with Crippen LogP contribution < -0.4 is 49.4 Å². The van der Waals surface area contributed by atoms with E-state index in [1.165, 1.54) is 36.4 Å². The first-order chi connectivity index (χ1) is 39.2. The van der Waals surface area contributed by atoms with E-state index in [0.717, 1.165) is 23.0 Å². The van der Waals surface area contributed by atoms with Crippen molar-refractivity contribution in [1.82, 2.24) is 15.0 Å². The van der Waals surface area contributed by atoms with Crippen LogP contribution >= 0.6 is 0 Å². The van der Waals surface area contributed by atoms with E-state index in [1.54, 1.807) is 57.7 Å². The van der Waals surface area contributed by atoms with E-state index in [-0.39, 0.29) is 23.7 Å². The summed E-state index contributed by atoms with van der Waals surface area (Å²) >= 11 is 0. The van der Waals surface area contributed by atoms with Gasteiger partial charge in [-0.2, -0.15) is 0 Å². The Morgan fingerprint density at radius 2 is 0.605 bits per heavy atom. The highest BCUT2D eigenvalue weighted by Crippen LogP contribution is 2.30. The van der Waals surface area contributed by atoms with E-state index >= 15 is 0 Å². The van der Waals surface area contributed by atoms with Gasteiger partial charge in [-0.1, -0.05) is 7.43 Å². The van der Waals surface area contributed by atoms with Crippen LogP contribution in [0.15, 0.2) is 185 Å². The van der Waals surface area contributed by atoms with Gasteiger partial charge in [0.15, 0.2) is 50.3 Å². The van der Waals surface area contributed by atoms with Crippen LogP contribution in [0.2, 0.25) is 0 Å². The molecule has 0 unspecified atom stereocenters.